The van der Waals surface area contributed by atoms with Crippen molar-refractivity contribution in [1.82, 2.24) is 5.32 Å². The van der Waals surface area contributed by atoms with E-state index in [0.717, 1.165) is 5.56 Å². The van der Waals surface area contributed by atoms with E-state index in [9.17, 15) is 9.59 Å². The van der Waals surface area contributed by atoms with Gasteiger partial charge >= 0.3 is 12.1 Å². The summed E-state index contributed by atoms with van der Waals surface area (Å²) in [5.41, 5.74) is 0.490. The highest BCUT2D eigenvalue weighted by molar-refractivity contribution is 6.30. The third-order valence-electron chi connectivity index (χ3n) is 3.60. The first-order chi connectivity index (χ1) is 14.0. The molecule has 164 valence electrons. The largest absolute Gasteiger partial charge is 0.508 e. The average molecular weight is 436 g/mol. The van der Waals surface area contributed by atoms with Crippen LogP contribution in [0.25, 0.3) is 0 Å². The smallest absolute Gasteiger partial charge is 0.408 e. The van der Waals surface area contributed by atoms with Crippen LogP contribution in [0.5, 0.6) is 5.75 Å². The Morgan fingerprint density at radius 1 is 1.03 bits per heavy atom. The van der Waals surface area contributed by atoms with Gasteiger partial charge in [0.15, 0.2) is 0 Å². The Morgan fingerprint density at radius 3 is 2.10 bits per heavy atom. The predicted octanol–water partition coefficient (Wildman–Crippen LogP) is 5.12. The molecule has 0 fully saturated rings. The van der Waals surface area contributed by atoms with Crippen molar-refractivity contribution in [2.75, 3.05) is 0 Å². The van der Waals surface area contributed by atoms with Crippen LogP contribution in [0.1, 0.15) is 40.2 Å². The summed E-state index contributed by atoms with van der Waals surface area (Å²) in [6.07, 6.45) is -0.267. The molecule has 0 heterocycles. The van der Waals surface area contributed by atoms with Gasteiger partial charge in [0, 0.05) is 11.4 Å². The van der Waals surface area contributed by atoms with Crippen molar-refractivity contribution in [3.8, 4) is 5.75 Å². The van der Waals surface area contributed by atoms with Gasteiger partial charge in [0.25, 0.3) is 0 Å². The minimum Gasteiger partial charge on any atom is -0.508 e. The molecule has 30 heavy (non-hydrogen) atoms. The number of hydrogen-bond acceptors (Lipinski definition) is 5. The topological polar surface area (TPSA) is 84.9 Å². The van der Waals surface area contributed by atoms with Gasteiger partial charge in [-0.3, -0.25) is 0 Å². The molecule has 2 N–H and O–H groups in total. The SMILES string of the molecule is CC(Cc1ccccc1)OC(=O)[C@H](C)NC(=O)OC(C)(C)C.Oc1ccc(Cl)cc1. The lowest BCUT2D eigenvalue weighted by molar-refractivity contribution is -0.150. The normalized spacial score (nSPS) is 12.6. The molecule has 0 bridgehead atoms. The lowest BCUT2D eigenvalue weighted by atomic mass is 10.1. The number of alkyl carbamates (subject to hydrolysis) is 1. The van der Waals surface area contributed by atoms with Gasteiger partial charge in [0.1, 0.15) is 23.5 Å². The highest BCUT2D eigenvalue weighted by atomic mass is 35.5. The summed E-state index contributed by atoms with van der Waals surface area (Å²) in [6, 6.07) is 15.4. The molecular formula is C23H30ClNO5. The summed E-state index contributed by atoms with van der Waals surface area (Å²) < 4.78 is 10.4. The highest BCUT2D eigenvalue weighted by Gasteiger charge is 2.23. The molecule has 2 atom stereocenters. The number of phenols is 1. The van der Waals surface area contributed by atoms with Gasteiger partial charge in [0.05, 0.1) is 0 Å². The van der Waals surface area contributed by atoms with Gasteiger partial charge in [0.2, 0.25) is 0 Å². The molecule has 0 spiro atoms. The number of carbonyl (C=O) groups is 2. The number of esters is 1. The van der Waals surface area contributed by atoms with E-state index in [4.69, 9.17) is 26.2 Å². The molecule has 2 aromatic rings. The van der Waals surface area contributed by atoms with Crippen molar-refractivity contribution in [1.29, 1.82) is 0 Å². The first kappa shape index (κ1) is 25.3. The molecule has 2 rings (SSSR count). The van der Waals surface area contributed by atoms with Crippen molar-refractivity contribution in [3.63, 3.8) is 0 Å². The Labute approximate surface area is 183 Å². The average Bonchev–Trinajstić information content (AvgIpc) is 2.63. The Morgan fingerprint density at radius 2 is 1.60 bits per heavy atom. The predicted molar refractivity (Wildman–Crippen MR) is 118 cm³/mol. The standard InChI is InChI=1S/C17H25NO4.C6H5ClO/c1-12(11-14-9-7-6-8-10-14)21-15(19)13(2)18-16(20)22-17(3,4)5;7-5-1-3-6(8)4-2-5/h6-10,12-13H,11H2,1-5H3,(H,18,20);1-4,8H/t12?,13-;/m0./s1. The summed E-state index contributed by atoms with van der Waals surface area (Å²) in [5.74, 6) is -0.233. The van der Waals surface area contributed by atoms with Crippen molar-refractivity contribution in [2.24, 2.45) is 0 Å². The Kier molecular flexibility index (Phi) is 10.2. The van der Waals surface area contributed by atoms with Crippen LogP contribution in [-0.4, -0.2) is 34.9 Å². The van der Waals surface area contributed by atoms with Crippen LogP contribution in [-0.2, 0) is 20.7 Å². The minimum atomic E-state index is -0.756. The van der Waals surface area contributed by atoms with Gasteiger partial charge in [-0.2, -0.15) is 0 Å². The number of phenolic OH excluding ortho intramolecular Hbond substituents is 1. The zero-order valence-corrected chi connectivity index (χ0v) is 18.8. The summed E-state index contributed by atoms with van der Waals surface area (Å²) in [6.45, 7) is 8.68. The number of aromatic hydroxyl groups is 1. The lowest BCUT2D eigenvalue weighted by Gasteiger charge is -2.22. The number of nitrogens with one attached hydrogen (secondary N) is 1. The van der Waals surface area contributed by atoms with Crippen molar-refractivity contribution < 1.29 is 24.2 Å². The molecule has 7 heteroatoms. The van der Waals surface area contributed by atoms with Crippen molar-refractivity contribution in [3.05, 3.63) is 65.2 Å². The third-order valence-corrected chi connectivity index (χ3v) is 3.85. The van der Waals surface area contributed by atoms with Crippen LogP contribution in [0, 0.1) is 0 Å². The first-order valence-corrected chi connectivity index (χ1v) is 10.0. The number of carbonyl (C=O) groups excluding carboxylic acids is 2. The monoisotopic (exact) mass is 435 g/mol. The molecule has 1 amide bonds. The second-order valence-corrected chi connectivity index (χ2v) is 8.22. The molecule has 0 aliphatic heterocycles. The quantitative estimate of drug-likeness (QED) is 0.636. The summed E-state index contributed by atoms with van der Waals surface area (Å²) in [4.78, 5) is 23.6. The number of hydrogen-bond donors (Lipinski definition) is 2. The van der Waals surface area contributed by atoms with E-state index in [1.807, 2.05) is 37.3 Å². The Hall–Kier alpha value is -2.73. The fraction of sp³-hybridized carbons (Fsp3) is 0.391. The van der Waals surface area contributed by atoms with Crippen LogP contribution in [0.2, 0.25) is 5.02 Å². The van der Waals surface area contributed by atoms with Crippen LogP contribution >= 0.6 is 11.6 Å². The van der Waals surface area contributed by atoms with E-state index in [-0.39, 0.29) is 11.9 Å². The van der Waals surface area contributed by atoms with Crippen LogP contribution in [0.4, 0.5) is 4.79 Å². The molecule has 0 aliphatic carbocycles. The second kappa shape index (κ2) is 12.1. The Balaban J connectivity index is 0.000000467. The van der Waals surface area contributed by atoms with E-state index in [1.54, 1.807) is 52.0 Å². The number of rotatable bonds is 5. The van der Waals surface area contributed by atoms with Gasteiger partial charge in [-0.05, 0) is 64.4 Å². The first-order valence-electron chi connectivity index (χ1n) is 9.64. The summed E-state index contributed by atoms with van der Waals surface area (Å²) >= 11 is 5.50. The number of ether oxygens (including phenoxy) is 2. The van der Waals surface area contributed by atoms with Gasteiger partial charge in [-0.15, -0.1) is 0 Å². The molecule has 0 aromatic heterocycles. The lowest BCUT2D eigenvalue weighted by Crippen LogP contribution is -2.43. The van der Waals surface area contributed by atoms with Crippen LogP contribution in [0.3, 0.4) is 0 Å². The number of amides is 1. The number of benzene rings is 2. The molecule has 0 aliphatic rings. The molecule has 2 aromatic carbocycles. The zero-order chi connectivity index (χ0) is 22.7. The molecular weight excluding hydrogens is 406 g/mol. The van der Waals surface area contributed by atoms with Crippen molar-refractivity contribution in [2.45, 2.75) is 58.8 Å². The Bertz CT molecular complexity index is 766. The van der Waals surface area contributed by atoms with Gasteiger partial charge in [-0.25, -0.2) is 9.59 Å². The maximum atomic E-state index is 12.0. The van der Waals surface area contributed by atoms with Crippen molar-refractivity contribution >= 4 is 23.7 Å². The second-order valence-electron chi connectivity index (χ2n) is 7.78. The maximum absolute atomic E-state index is 12.0. The van der Waals surface area contributed by atoms with E-state index in [0.29, 0.717) is 11.4 Å². The zero-order valence-electron chi connectivity index (χ0n) is 18.0. The minimum absolute atomic E-state index is 0.245. The fourth-order valence-corrected chi connectivity index (χ4v) is 2.40. The van der Waals surface area contributed by atoms with E-state index < -0.39 is 23.7 Å². The summed E-state index contributed by atoms with van der Waals surface area (Å²) in [7, 11) is 0. The highest BCUT2D eigenvalue weighted by Crippen LogP contribution is 2.13. The van der Waals surface area contributed by atoms with Gasteiger partial charge < -0.3 is 19.9 Å². The summed E-state index contributed by atoms with van der Waals surface area (Å²) in [5, 5.41) is 11.8. The van der Waals surface area contributed by atoms with E-state index >= 15 is 0 Å². The molecule has 0 saturated heterocycles. The van der Waals surface area contributed by atoms with Crippen LogP contribution in [0.15, 0.2) is 54.6 Å². The maximum Gasteiger partial charge on any atom is 0.408 e. The molecule has 6 nitrogen and oxygen atoms in total. The third kappa shape index (κ3) is 11.3. The number of halogens is 1. The van der Waals surface area contributed by atoms with Gasteiger partial charge in [-0.1, -0.05) is 41.9 Å². The molecule has 1 unspecified atom stereocenters. The fourth-order valence-electron chi connectivity index (χ4n) is 2.27. The molecule has 0 saturated carbocycles. The molecule has 0 radical (unpaired) electrons. The van der Waals surface area contributed by atoms with E-state index in [1.165, 1.54) is 0 Å². The van der Waals surface area contributed by atoms with E-state index in [2.05, 4.69) is 5.32 Å². The van der Waals surface area contributed by atoms with Crippen LogP contribution < -0.4 is 5.32 Å².